The molecule has 2 aromatic heterocycles. The molecule has 0 bridgehead atoms. The van der Waals surface area contributed by atoms with Crippen LogP contribution in [-0.2, 0) is 4.79 Å². The van der Waals surface area contributed by atoms with E-state index in [1.54, 1.807) is 6.20 Å². The molecule has 3 aromatic rings. The third-order valence-corrected chi connectivity index (χ3v) is 5.53. The molecule has 0 unspecified atom stereocenters. The van der Waals surface area contributed by atoms with E-state index < -0.39 is 0 Å². The van der Waals surface area contributed by atoms with Crippen LogP contribution in [0.1, 0.15) is 19.3 Å². The summed E-state index contributed by atoms with van der Waals surface area (Å²) in [5, 5.41) is 13.6. The summed E-state index contributed by atoms with van der Waals surface area (Å²) in [6.07, 6.45) is 7.12. The van der Waals surface area contributed by atoms with Crippen LogP contribution in [0.3, 0.4) is 0 Å². The van der Waals surface area contributed by atoms with Gasteiger partial charge in [-0.25, -0.2) is 4.68 Å². The third kappa shape index (κ3) is 4.36. The summed E-state index contributed by atoms with van der Waals surface area (Å²) in [6, 6.07) is 13.8. The van der Waals surface area contributed by atoms with E-state index in [0.717, 1.165) is 47.9 Å². The normalized spacial score (nSPS) is 14.3. The van der Waals surface area contributed by atoms with Crippen LogP contribution in [0.2, 0.25) is 0 Å². The number of carbonyl (C=O) groups excluding carboxylic acids is 1. The summed E-state index contributed by atoms with van der Waals surface area (Å²) in [4.78, 5) is 14.2. The maximum Gasteiger partial charge on any atom is 0.232 e. The van der Waals surface area contributed by atoms with Gasteiger partial charge in [0.05, 0.1) is 17.1 Å². The van der Waals surface area contributed by atoms with Gasteiger partial charge in [-0.1, -0.05) is 23.9 Å². The standard InChI is InChI=1S/C20H21N5OS/c26-20(24-12-2-1-3-13-24)15-27-19-10-9-18(22-23-19)16-5-7-17(8-6-16)25-14-4-11-21-25/h4-11,14H,1-3,12-13,15H2. The van der Waals surface area contributed by atoms with Crippen molar-refractivity contribution < 1.29 is 4.79 Å². The lowest BCUT2D eigenvalue weighted by Gasteiger charge is -2.26. The van der Waals surface area contributed by atoms with Gasteiger partial charge in [-0.2, -0.15) is 5.10 Å². The molecule has 1 aliphatic rings. The molecule has 0 radical (unpaired) electrons. The Balaban J connectivity index is 1.36. The van der Waals surface area contributed by atoms with Crippen LogP contribution >= 0.6 is 11.8 Å². The highest BCUT2D eigenvalue weighted by molar-refractivity contribution is 7.99. The van der Waals surface area contributed by atoms with Crippen LogP contribution in [0.15, 0.2) is 59.9 Å². The van der Waals surface area contributed by atoms with E-state index in [0.29, 0.717) is 5.75 Å². The minimum absolute atomic E-state index is 0.194. The number of aromatic nitrogens is 4. The fourth-order valence-corrected chi connectivity index (χ4v) is 3.84. The van der Waals surface area contributed by atoms with E-state index in [-0.39, 0.29) is 5.91 Å². The first kappa shape index (κ1) is 17.7. The molecule has 0 spiro atoms. The van der Waals surface area contributed by atoms with Crippen LogP contribution in [-0.4, -0.2) is 49.6 Å². The molecular formula is C20H21N5OS. The second kappa shape index (κ2) is 8.35. The Bertz CT molecular complexity index is 872. The fourth-order valence-electron chi connectivity index (χ4n) is 3.13. The van der Waals surface area contributed by atoms with Gasteiger partial charge in [0.1, 0.15) is 5.03 Å². The van der Waals surface area contributed by atoms with E-state index in [2.05, 4.69) is 15.3 Å². The molecule has 1 aromatic carbocycles. The number of hydrogen-bond donors (Lipinski definition) is 0. The van der Waals surface area contributed by atoms with Gasteiger partial charge in [0, 0.05) is 31.0 Å². The second-order valence-corrected chi connectivity index (χ2v) is 7.48. The summed E-state index contributed by atoms with van der Waals surface area (Å²) in [5.41, 5.74) is 2.81. The predicted molar refractivity (Wildman–Crippen MR) is 106 cm³/mol. The average molecular weight is 379 g/mol. The Morgan fingerprint density at radius 2 is 1.81 bits per heavy atom. The summed E-state index contributed by atoms with van der Waals surface area (Å²) in [6.45, 7) is 1.77. The monoisotopic (exact) mass is 379 g/mol. The van der Waals surface area contributed by atoms with Gasteiger partial charge in [-0.3, -0.25) is 4.79 Å². The molecule has 0 N–H and O–H groups in total. The van der Waals surface area contributed by atoms with Crippen LogP contribution in [0.4, 0.5) is 0 Å². The molecule has 1 amide bonds. The third-order valence-electron chi connectivity index (χ3n) is 4.62. The number of amides is 1. The lowest BCUT2D eigenvalue weighted by Crippen LogP contribution is -2.36. The Labute approximate surface area is 162 Å². The first-order chi connectivity index (χ1) is 13.3. The summed E-state index contributed by atoms with van der Waals surface area (Å²) < 4.78 is 1.81. The molecule has 0 aliphatic carbocycles. The molecule has 1 fully saturated rings. The number of rotatable bonds is 5. The minimum atomic E-state index is 0.194. The highest BCUT2D eigenvalue weighted by atomic mass is 32.2. The molecule has 4 rings (SSSR count). The number of thioether (sulfide) groups is 1. The van der Waals surface area contributed by atoms with Crippen LogP contribution in [0.25, 0.3) is 16.9 Å². The summed E-state index contributed by atoms with van der Waals surface area (Å²) >= 11 is 1.45. The topological polar surface area (TPSA) is 63.9 Å². The van der Waals surface area contributed by atoms with Crippen molar-refractivity contribution in [3.05, 3.63) is 54.9 Å². The van der Waals surface area contributed by atoms with Crippen molar-refractivity contribution in [1.29, 1.82) is 0 Å². The van der Waals surface area contributed by atoms with Crippen molar-refractivity contribution in [3.8, 4) is 16.9 Å². The lowest BCUT2D eigenvalue weighted by molar-refractivity contribution is -0.129. The highest BCUT2D eigenvalue weighted by Crippen LogP contribution is 2.22. The zero-order valence-corrected chi connectivity index (χ0v) is 15.8. The lowest BCUT2D eigenvalue weighted by atomic mass is 10.1. The van der Waals surface area contributed by atoms with Crippen molar-refractivity contribution in [3.63, 3.8) is 0 Å². The van der Waals surface area contributed by atoms with Gasteiger partial charge in [0.25, 0.3) is 0 Å². The zero-order chi connectivity index (χ0) is 18.5. The number of nitrogens with zero attached hydrogens (tertiary/aromatic N) is 5. The molecule has 138 valence electrons. The molecule has 6 nitrogen and oxygen atoms in total. The molecule has 1 aliphatic heterocycles. The van der Waals surface area contributed by atoms with Gasteiger partial charge >= 0.3 is 0 Å². The average Bonchev–Trinajstić information content (AvgIpc) is 3.28. The van der Waals surface area contributed by atoms with E-state index in [1.807, 2.05) is 58.2 Å². The van der Waals surface area contributed by atoms with Gasteiger partial charge in [0.15, 0.2) is 0 Å². The Morgan fingerprint density at radius 3 is 2.48 bits per heavy atom. The van der Waals surface area contributed by atoms with Crippen LogP contribution in [0, 0.1) is 0 Å². The minimum Gasteiger partial charge on any atom is -0.342 e. The fraction of sp³-hybridized carbons (Fsp3) is 0.300. The number of carbonyl (C=O) groups is 1. The van der Waals surface area contributed by atoms with Crippen LogP contribution in [0.5, 0.6) is 0 Å². The second-order valence-electron chi connectivity index (χ2n) is 6.48. The van der Waals surface area contributed by atoms with Gasteiger partial charge < -0.3 is 4.90 Å². The van der Waals surface area contributed by atoms with Gasteiger partial charge in [-0.15, -0.1) is 10.2 Å². The Morgan fingerprint density at radius 1 is 1.00 bits per heavy atom. The number of hydrogen-bond acceptors (Lipinski definition) is 5. The first-order valence-corrected chi connectivity index (χ1v) is 10.1. The maximum atomic E-state index is 12.2. The quantitative estimate of drug-likeness (QED) is 0.636. The van der Waals surface area contributed by atoms with Crippen LogP contribution < -0.4 is 0 Å². The summed E-state index contributed by atoms with van der Waals surface area (Å²) in [7, 11) is 0. The molecule has 7 heteroatoms. The zero-order valence-electron chi connectivity index (χ0n) is 15.0. The van der Waals surface area contributed by atoms with E-state index in [1.165, 1.54) is 18.2 Å². The Kier molecular flexibility index (Phi) is 5.48. The number of piperidine rings is 1. The highest BCUT2D eigenvalue weighted by Gasteiger charge is 2.16. The number of likely N-dealkylation sites (tertiary alicyclic amines) is 1. The van der Waals surface area contributed by atoms with E-state index in [4.69, 9.17) is 0 Å². The van der Waals surface area contributed by atoms with Gasteiger partial charge in [0.2, 0.25) is 5.91 Å². The van der Waals surface area contributed by atoms with Crippen molar-refractivity contribution in [2.24, 2.45) is 0 Å². The van der Waals surface area contributed by atoms with Crippen molar-refractivity contribution in [1.82, 2.24) is 24.9 Å². The smallest absolute Gasteiger partial charge is 0.232 e. The van der Waals surface area contributed by atoms with Crippen molar-refractivity contribution in [2.45, 2.75) is 24.3 Å². The molecular weight excluding hydrogens is 358 g/mol. The molecule has 0 saturated carbocycles. The molecule has 3 heterocycles. The number of benzene rings is 1. The SMILES string of the molecule is O=C(CSc1ccc(-c2ccc(-n3cccn3)cc2)nn1)N1CCCCC1. The van der Waals surface area contributed by atoms with Crippen molar-refractivity contribution in [2.75, 3.05) is 18.8 Å². The van der Waals surface area contributed by atoms with E-state index in [9.17, 15) is 4.79 Å². The largest absolute Gasteiger partial charge is 0.342 e. The predicted octanol–water partition coefficient (Wildman–Crippen LogP) is 3.43. The molecule has 0 atom stereocenters. The maximum absolute atomic E-state index is 12.2. The van der Waals surface area contributed by atoms with Gasteiger partial charge in [-0.05, 0) is 49.6 Å². The molecule has 27 heavy (non-hydrogen) atoms. The first-order valence-electron chi connectivity index (χ1n) is 9.14. The summed E-state index contributed by atoms with van der Waals surface area (Å²) in [5.74, 6) is 0.617. The molecule has 1 saturated heterocycles. The van der Waals surface area contributed by atoms with E-state index >= 15 is 0 Å². The van der Waals surface area contributed by atoms with Crippen molar-refractivity contribution >= 4 is 17.7 Å². The Hall–Kier alpha value is -2.67.